The summed E-state index contributed by atoms with van der Waals surface area (Å²) in [5.41, 5.74) is 3.14. The smallest absolute Gasteiger partial charge is 0.416 e. The number of esters is 1. The first-order valence-corrected chi connectivity index (χ1v) is 11.6. The summed E-state index contributed by atoms with van der Waals surface area (Å²) in [6.45, 7) is 0.386. The van der Waals surface area contributed by atoms with Crippen LogP contribution in [0.25, 0.3) is 10.9 Å². The zero-order valence-corrected chi connectivity index (χ0v) is 19.2. The van der Waals surface area contributed by atoms with E-state index < -0.39 is 17.8 Å². The molecule has 2 aromatic carbocycles. The lowest BCUT2D eigenvalue weighted by Crippen LogP contribution is -2.55. The Morgan fingerprint density at radius 3 is 2.57 bits per heavy atom. The van der Waals surface area contributed by atoms with E-state index in [1.54, 1.807) is 0 Å². The summed E-state index contributed by atoms with van der Waals surface area (Å²) in [7, 11) is 1.37. The van der Waals surface area contributed by atoms with Crippen molar-refractivity contribution in [2.75, 3.05) is 13.7 Å². The Hall–Kier alpha value is -3.28. The summed E-state index contributed by atoms with van der Waals surface area (Å²) >= 11 is 0. The van der Waals surface area contributed by atoms with Crippen molar-refractivity contribution in [1.29, 1.82) is 0 Å². The van der Waals surface area contributed by atoms with E-state index in [2.05, 4.69) is 21.1 Å². The van der Waals surface area contributed by atoms with Gasteiger partial charge in [-0.15, -0.1) is 6.42 Å². The topological polar surface area (TPSA) is 57.4 Å². The fourth-order valence-electron chi connectivity index (χ4n) is 5.73. The second-order valence-electron chi connectivity index (χ2n) is 9.16. The second kappa shape index (κ2) is 9.06. The van der Waals surface area contributed by atoms with Gasteiger partial charge in [-0.3, -0.25) is 9.69 Å². The SMILES string of the molecule is C#CCN[C@H]1C[C@@H]2c3[nH]c4ccccc4c3C[C@@H](C(=O)OC)N2[C@H](c2ccc(C(F)(F)F)cc2)C1. The van der Waals surface area contributed by atoms with Gasteiger partial charge in [0.15, 0.2) is 0 Å². The number of fused-ring (bicyclic) bond motifs is 5. The maximum absolute atomic E-state index is 13.2. The zero-order valence-electron chi connectivity index (χ0n) is 19.2. The maximum atomic E-state index is 13.2. The first-order valence-electron chi connectivity index (χ1n) is 11.6. The molecule has 0 amide bonds. The fourth-order valence-corrected chi connectivity index (χ4v) is 5.73. The molecule has 1 saturated heterocycles. The highest BCUT2D eigenvalue weighted by atomic mass is 19.4. The van der Waals surface area contributed by atoms with Crippen LogP contribution in [0.4, 0.5) is 13.2 Å². The van der Waals surface area contributed by atoms with Crippen LogP contribution in [0.1, 0.15) is 47.3 Å². The minimum absolute atomic E-state index is 0.0234. The van der Waals surface area contributed by atoms with Crippen molar-refractivity contribution in [1.82, 2.24) is 15.2 Å². The molecular weight excluding hydrogens is 455 g/mol. The van der Waals surface area contributed by atoms with Gasteiger partial charge >= 0.3 is 12.1 Å². The van der Waals surface area contributed by atoms with Crippen LogP contribution in [0.2, 0.25) is 0 Å². The fraction of sp³-hybridized carbons (Fsp3) is 0.370. The van der Waals surface area contributed by atoms with Crippen molar-refractivity contribution in [2.24, 2.45) is 0 Å². The van der Waals surface area contributed by atoms with Gasteiger partial charge in [0.05, 0.1) is 25.3 Å². The molecule has 4 atom stereocenters. The lowest BCUT2D eigenvalue weighted by atomic mass is 9.79. The third kappa shape index (κ3) is 4.19. The van der Waals surface area contributed by atoms with Gasteiger partial charge in [-0.25, -0.2) is 0 Å². The van der Waals surface area contributed by atoms with Gasteiger partial charge in [0, 0.05) is 35.1 Å². The highest BCUT2D eigenvalue weighted by molar-refractivity contribution is 5.87. The van der Waals surface area contributed by atoms with Crippen LogP contribution in [0.5, 0.6) is 0 Å². The molecule has 2 N–H and O–H groups in total. The van der Waals surface area contributed by atoms with Crippen LogP contribution in [-0.2, 0) is 22.1 Å². The van der Waals surface area contributed by atoms with Crippen molar-refractivity contribution in [3.63, 3.8) is 0 Å². The molecule has 3 aromatic rings. The van der Waals surface area contributed by atoms with Crippen molar-refractivity contribution < 1.29 is 22.7 Å². The van der Waals surface area contributed by atoms with E-state index in [4.69, 9.17) is 11.2 Å². The highest BCUT2D eigenvalue weighted by Crippen LogP contribution is 2.49. The number of hydrogen-bond acceptors (Lipinski definition) is 4. The maximum Gasteiger partial charge on any atom is 0.416 e. The molecule has 2 aliphatic rings. The highest BCUT2D eigenvalue weighted by Gasteiger charge is 2.48. The summed E-state index contributed by atoms with van der Waals surface area (Å²) < 4.78 is 44.8. The number of hydrogen-bond donors (Lipinski definition) is 2. The number of terminal acetylenes is 1. The first kappa shape index (κ1) is 23.5. The monoisotopic (exact) mass is 481 g/mol. The summed E-state index contributed by atoms with van der Waals surface area (Å²) in [6, 6.07) is 12.2. The molecule has 1 fully saturated rings. The number of nitrogens with zero attached hydrogens (tertiary/aromatic N) is 1. The van der Waals surface area contributed by atoms with Crippen LogP contribution in [0.15, 0.2) is 48.5 Å². The molecule has 182 valence electrons. The van der Waals surface area contributed by atoms with E-state index >= 15 is 0 Å². The average molecular weight is 482 g/mol. The summed E-state index contributed by atoms with van der Waals surface area (Å²) in [4.78, 5) is 18.7. The summed E-state index contributed by atoms with van der Waals surface area (Å²) in [6.07, 6.45) is 2.84. The van der Waals surface area contributed by atoms with Gasteiger partial charge in [-0.05, 0) is 42.2 Å². The molecule has 0 aliphatic carbocycles. The molecule has 35 heavy (non-hydrogen) atoms. The number of aromatic amines is 1. The van der Waals surface area contributed by atoms with E-state index in [0.717, 1.165) is 39.9 Å². The van der Waals surface area contributed by atoms with Crippen LogP contribution < -0.4 is 5.32 Å². The Balaban J connectivity index is 1.62. The lowest BCUT2D eigenvalue weighted by molar-refractivity contribution is -0.152. The van der Waals surface area contributed by atoms with Gasteiger partial charge in [0.1, 0.15) is 6.04 Å². The molecule has 0 spiro atoms. The standard InChI is InChI=1S/C27H26F3N3O2/c1-3-12-31-18-13-22(16-8-10-17(11-9-16)27(28,29)30)33-23(14-18)25-20(15-24(33)26(34)35-2)19-6-4-5-7-21(19)32-25/h1,4-11,18,22-24,31-32H,12-15H2,2H3/t18-,22+,23-,24+/m1/s1. The molecule has 5 rings (SSSR count). The second-order valence-corrected chi connectivity index (χ2v) is 9.16. The van der Waals surface area contributed by atoms with Crippen molar-refractivity contribution in [2.45, 2.75) is 49.6 Å². The van der Waals surface area contributed by atoms with Gasteiger partial charge < -0.3 is 15.0 Å². The number of nitrogens with one attached hydrogen (secondary N) is 2. The Morgan fingerprint density at radius 1 is 1.17 bits per heavy atom. The number of carbonyl (C=O) groups is 1. The van der Waals surface area contributed by atoms with E-state index in [0.29, 0.717) is 25.8 Å². The largest absolute Gasteiger partial charge is 0.468 e. The van der Waals surface area contributed by atoms with Gasteiger partial charge in [-0.2, -0.15) is 13.2 Å². The molecule has 2 aliphatic heterocycles. The molecule has 0 bridgehead atoms. The summed E-state index contributed by atoms with van der Waals surface area (Å²) in [5, 5.41) is 4.46. The number of methoxy groups -OCH3 is 1. The van der Waals surface area contributed by atoms with Crippen LogP contribution in [0.3, 0.4) is 0 Å². The molecule has 8 heteroatoms. The molecule has 0 radical (unpaired) electrons. The van der Waals surface area contributed by atoms with Crippen molar-refractivity contribution >= 4 is 16.9 Å². The zero-order chi connectivity index (χ0) is 24.7. The van der Waals surface area contributed by atoms with Gasteiger partial charge in [-0.1, -0.05) is 36.3 Å². The predicted molar refractivity (Wildman–Crippen MR) is 126 cm³/mol. The number of H-pyrrole nitrogens is 1. The van der Waals surface area contributed by atoms with E-state index in [-0.39, 0.29) is 24.1 Å². The van der Waals surface area contributed by atoms with Crippen molar-refractivity contribution in [3.8, 4) is 12.3 Å². The van der Waals surface area contributed by atoms with Crippen LogP contribution >= 0.6 is 0 Å². The number of carbonyl (C=O) groups excluding carboxylic acids is 1. The third-order valence-electron chi connectivity index (χ3n) is 7.26. The third-order valence-corrected chi connectivity index (χ3v) is 7.26. The minimum atomic E-state index is -4.41. The quantitative estimate of drug-likeness (QED) is 0.417. The molecule has 1 aromatic heterocycles. The Labute approximate surface area is 201 Å². The number of para-hydroxylation sites is 1. The number of rotatable bonds is 4. The predicted octanol–water partition coefficient (Wildman–Crippen LogP) is 4.75. The van der Waals surface area contributed by atoms with E-state index in [9.17, 15) is 18.0 Å². The number of alkyl halides is 3. The Kier molecular flexibility index (Phi) is 6.07. The molecule has 0 saturated carbocycles. The van der Waals surface area contributed by atoms with E-state index in [1.807, 2.05) is 24.3 Å². The van der Waals surface area contributed by atoms with Gasteiger partial charge in [0.2, 0.25) is 0 Å². The number of piperidine rings is 1. The first-order chi connectivity index (χ1) is 16.8. The number of benzene rings is 2. The molecule has 5 nitrogen and oxygen atoms in total. The van der Waals surface area contributed by atoms with Crippen LogP contribution in [0, 0.1) is 12.3 Å². The van der Waals surface area contributed by atoms with Crippen molar-refractivity contribution in [3.05, 3.63) is 70.9 Å². The average Bonchev–Trinajstić information content (AvgIpc) is 3.24. The number of ether oxygens (including phenoxy) is 1. The van der Waals surface area contributed by atoms with Gasteiger partial charge in [0.25, 0.3) is 0 Å². The molecule has 0 unspecified atom stereocenters. The lowest BCUT2D eigenvalue weighted by Gasteiger charge is -2.50. The van der Waals surface area contributed by atoms with Crippen LogP contribution in [-0.4, -0.2) is 41.6 Å². The van der Waals surface area contributed by atoms with E-state index in [1.165, 1.54) is 19.2 Å². The molecular formula is C27H26F3N3O2. The number of aromatic nitrogens is 1. The minimum Gasteiger partial charge on any atom is -0.468 e. The Bertz CT molecular complexity index is 1280. The summed E-state index contributed by atoms with van der Waals surface area (Å²) in [5.74, 6) is 2.26. The normalized spacial score (nSPS) is 24.4. The number of halogens is 3. The Morgan fingerprint density at radius 2 is 1.89 bits per heavy atom. The molecule has 3 heterocycles.